The number of anilines is 1. The van der Waals surface area contributed by atoms with Crippen LogP contribution in [0.3, 0.4) is 0 Å². The molecule has 0 saturated heterocycles. The number of nitrogens with zero attached hydrogens (tertiary/aromatic N) is 2. The van der Waals surface area contributed by atoms with Crippen LogP contribution in [0, 0.1) is 5.82 Å². The van der Waals surface area contributed by atoms with Gasteiger partial charge in [0.05, 0.1) is 16.0 Å². The molecule has 0 unspecified atom stereocenters. The minimum Gasteiger partial charge on any atom is -0.478 e. The second-order valence-electron chi connectivity index (χ2n) is 5.58. The Bertz CT molecular complexity index is 1130. The predicted octanol–water partition coefficient (Wildman–Crippen LogP) is 3.15. The summed E-state index contributed by atoms with van der Waals surface area (Å²) >= 11 is 6.75. The van der Waals surface area contributed by atoms with E-state index >= 15 is 0 Å². The number of fused-ring (bicyclic) bond motifs is 1. The summed E-state index contributed by atoms with van der Waals surface area (Å²) < 4.78 is 14.4. The van der Waals surface area contributed by atoms with E-state index < -0.39 is 23.3 Å². The van der Waals surface area contributed by atoms with Gasteiger partial charge in [0.1, 0.15) is 23.0 Å². The molecule has 7 nitrogen and oxygen atoms in total. The van der Waals surface area contributed by atoms with Crippen molar-refractivity contribution in [3.63, 3.8) is 0 Å². The van der Waals surface area contributed by atoms with Gasteiger partial charge in [-0.05, 0) is 18.2 Å². The van der Waals surface area contributed by atoms with Crippen LogP contribution < -0.4 is 10.9 Å². The monoisotopic (exact) mass is 409 g/mol. The lowest BCUT2D eigenvalue weighted by Gasteiger charge is -2.12. The number of aryl methyl sites for hydroxylation is 1. The van der Waals surface area contributed by atoms with Gasteiger partial charge in [-0.2, -0.15) is 0 Å². The highest BCUT2D eigenvalue weighted by molar-refractivity contribution is 7.17. The summed E-state index contributed by atoms with van der Waals surface area (Å²) in [5.41, 5.74) is -0.467. The van der Waals surface area contributed by atoms with E-state index in [0.717, 1.165) is 22.0 Å². The van der Waals surface area contributed by atoms with Crippen molar-refractivity contribution in [2.24, 2.45) is 0 Å². The Morgan fingerprint density at radius 2 is 2.15 bits per heavy atom. The molecule has 0 aliphatic rings. The van der Waals surface area contributed by atoms with Crippen molar-refractivity contribution in [3.05, 3.63) is 56.2 Å². The van der Waals surface area contributed by atoms with Crippen LogP contribution in [0.15, 0.2) is 28.4 Å². The molecule has 2 heterocycles. The number of halogens is 2. The van der Waals surface area contributed by atoms with Gasteiger partial charge in [0, 0.05) is 17.5 Å². The summed E-state index contributed by atoms with van der Waals surface area (Å²) in [4.78, 5) is 41.1. The second kappa shape index (κ2) is 7.45. The largest absolute Gasteiger partial charge is 0.478 e. The number of benzene rings is 1. The Labute approximate surface area is 161 Å². The average molecular weight is 410 g/mol. The van der Waals surface area contributed by atoms with E-state index in [1.807, 2.05) is 0 Å². The van der Waals surface area contributed by atoms with E-state index in [0.29, 0.717) is 17.1 Å². The van der Waals surface area contributed by atoms with Gasteiger partial charge >= 0.3 is 5.97 Å². The van der Waals surface area contributed by atoms with Crippen LogP contribution in [0.2, 0.25) is 5.02 Å². The molecule has 2 aromatic heterocycles. The maximum absolute atomic E-state index is 13.2. The van der Waals surface area contributed by atoms with Crippen LogP contribution in [-0.4, -0.2) is 26.5 Å². The molecule has 1 amide bonds. The lowest BCUT2D eigenvalue weighted by Crippen LogP contribution is -2.31. The number of aromatic carboxylic acids is 1. The lowest BCUT2D eigenvalue weighted by atomic mass is 10.2. The third-order valence-electron chi connectivity index (χ3n) is 3.82. The number of amides is 1. The van der Waals surface area contributed by atoms with Gasteiger partial charge in [0.2, 0.25) is 5.91 Å². The fourth-order valence-electron chi connectivity index (χ4n) is 2.57. The molecule has 1 aromatic carbocycles. The SMILES string of the molecule is CCc1nc2scc(C(=O)O)c2c(=O)n1CC(=O)Nc1ccc(F)c(Cl)c1. The van der Waals surface area contributed by atoms with Crippen molar-refractivity contribution in [2.75, 3.05) is 5.32 Å². The zero-order valence-electron chi connectivity index (χ0n) is 14.0. The summed E-state index contributed by atoms with van der Waals surface area (Å²) in [5.74, 6) is -2.05. The van der Waals surface area contributed by atoms with Gasteiger partial charge in [0.15, 0.2) is 0 Å². The van der Waals surface area contributed by atoms with Gasteiger partial charge in [-0.1, -0.05) is 18.5 Å². The molecular formula is C17H13ClFN3O4S. The highest BCUT2D eigenvalue weighted by Gasteiger charge is 2.20. The minimum absolute atomic E-state index is 0.0256. The van der Waals surface area contributed by atoms with Crippen LogP contribution in [0.1, 0.15) is 23.1 Å². The van der Waals surface area contributed by atoms with Crippen molar-refractivity contribution in [1.82, 2.24) is 9.55 Å². The van der Waals surface area contributed by atoms with Crippen LogP contribution in [0.5, 0.6) is 0 Å². The Morgan fingerprint density at radius 1 is 1.41 bits per heavy atom. The quantitative estimate of drug-likeness (QED) is 0.674. The third-order valence-corrected chi connectivity index (χ3v) is 4.99. The highest BCUT2D eigenvalue weighted by atomic mass is 35.5. The first kappa shape index (κ1) is 19.0. The molecule has 0 aliphatic carbocycles. The van der Waals surface area contributed by atoms with Crippen molar-refractivity contribution in [2.45, 2.75) is 19.9 Å². The molecule has 0 aliphatic heterocycles. The summed E-state index contributed by atoms with van der Waals surface area (Å²) in [6.45, 7) is 1.41. The molecule has 0 bridgehead atoms. The van der Waals surface area contributed by atoms with Gasteiger partial charge in [-0.3, -0.25) is 14.2 Å². The van der Waals surface area contributed by atoms with Gasteiger partial charge in [-0.25, -0.2) is 14.2 Å². The Balaban J connectivity index is 1.97. The van der Waals surface area contributed by atoms with E-state index in [2.05, 4.69) is 10.3 Å². The number of carbonyl (C=O) groups excluding carboxylic acids is 1. The van der Waals surface area contributed by atoms with Crippen LogP contribution in [-0.2, 0) is 17.8 Å². The van der Waals surface area contributed by atoms with Gasteiger partial charge in [0.25, 0.3) is 5.56 Å². The number of hydrogen-bond donors (Lipinski definition) is 2. The molecule has 0 atom stereocenters. The minimum atomic E-state index is -1.23. The number of carbonyl (C=O) groups is 2. The average Bonchev–Trinajstić information content (AvgIpc) is 3.05. The van der Waals surface area contributed by atoms with Crippen LogP contribution in [0.25, 0.3) is 10.2 Å². The van der Waals surface area contributed by atoms with E-state index in [-0.39, 0.29) is 28.2 Å². The molecule has 0 spiro atoms. The zero-order chi connectivity index (χ0) is 19.7. The topological polar surface area (TPSA) is 101 Å². The van der Waals surface area contributed by atoms with E-state index in [4.69, 9.17) is 11.6 Å². The second-order valence-corrected chi connectivity index (χ2v) is 6.85. The molecule has 0 saturated carbocycles. The molecule has 0 radical (unpaired) electrons. The molecule has 3 rings (SSSR count). The Hall–Kier alpha value is -2.78. The Morgan fingerprint density at radius 3 is 2.78 bits per heavy atom. The van der Waals surface area contributed by atoms with Crippen molar-refractivity contribution >= 4 is 50.7 Å². The molecule has 27 heavy (non-hydrogen) atoms. The van der Waals surface area contributed by atoms with Crippen molar-refractivity contribution in [3.8, 4) is 0 Å². The summed E-state index contributed by atoms with van der Waals surface area (Å²) in [6, 6.07) is 3.70. The molecule has 3 aromatic rings. The molecule has 2 N–H and O–H groups in total. The van der Waals surface area contributed by atoms with Crippen LogP contribution in [0.4, 0.5) is 10.1 Å². The number of rotatable bonds is 5. The highest BCUT2D eigenvalue weighted by Crippen LogP contribution is 2.22. The molecule has 140 valence electrons. The number of thiophene rings is 1. The summed E-state index contributed by atoms with van der Waals surface area (Å²) in [5, 5.41) is 13.0. The molecule has 0 fully saturated rings. The number of nitrogens with one attached hydrogen (secondary N) is 1. The smallest absolute Gasteiger partial charge is 0.337 e. The number of aromatic nitrogens is 2. The normalized spacial score (nSPS) is 10.9. The van der Waals surface area contributed by atoms with E-state index in [1.54, 1.807) is 6.92 Å². The van der Waals surface area contributed by atoms with Crippen molar-refractivity contribution < 1.29 is 19.1 Å². The van der Waals surface area contributed by atoms with E-state index in [1.165, 1.54) is 17.5 Å². The predicted molar refractivity (Wildman–Crippen MR) is 100 cm³/mol. The maximum atomic E-state index is 13.2. The third kappa shape index (κ3) is 3.69. The zero-order valence-corrected chi connectivity index (χ0v) is 15.5. The number of hydrogen-bond acceptors (Lipinski definition) is 5. The fraction of sp³-hybridized carbons (Fsp3) is 0.176. The first-order valence-electron chi connectivity index (χ1n) is 7.81. The first-order chi connectivity index (χ1) is 12.8. The maximum Gasteiger partial charge on any atom is 0.337 e. The van der Waals surface area contributed by atoms with Gasteiger partial charge < -0.3 is 10.4 Å². The standard InChI is InChI=1S/C17H13ClFN3O4S/c1-2-12-21-15-14(9(7-27-15)17(25)26)16(24)22(12)6-13(23)20-8-3-4-11(19)10(18)5-8/h3-5,7H,2,6H2,1H3,(H,20,23)(H,25,26). The summed E-state index contributed by atoms with van der Waals surface area (Å²) in [7, 11) is 0. The number of carboxylic acid groups (broad SMARTS) is 1. The number of carboxylic acids is 1. The first-order valence-corrected chi connectivity index (χ1v) is 9.06. The summed E-state index contributed by atoms with van der Waals surface area (Å²) in [6.07, 6.45) is 0.376. The van der Waals surface area contributed by atoms with Gasteiger partial charge in [-0.15, -0.1) is 11.3 Å². The lowest BCUT2D eigenvalue weighted by molar-refractivity contribution is -0.116. The fourth-order valence-corrected chi connectivity index (χ4v) is 3.68. The van der Waals surface area contributed by atoms with Crippen molar-refractivity contribution in [1.29, 1.82) is 0 Å². The Kier molecular flexibility index (Phi) is 5.24. The van der Waals surface area contributed by atoms with Crippen LogP contribution >= 0.6 is 22.9 Å². The molecule has 10 heteroatoms. The van der Waals surface area contributed by atoms with E-state index in [9.17, 15) is 23.9 Å². The molecular weight excluding hydrogens is 397 g/mol.